The number of fused-ring (bicyclic) bond motifs is 1. The Labute approximate surface area is 152 Å². The number of pyridine rings is 1. The summed E-state index contributed by atoms with van der Waals surface area (Å²) >= 11 is 0. The molecule has 0 fully saturated rings. The molecule has 0 aliphatic carbocycles. The van der Waals surface area contributed by atoms with E-state index in [0.29, 0.717) is 17.9 Å². The molecule has 0 aliphatic heterocycles. The van der Waals surface area contributed by atoms with Crippen molar-refractivity contribution in [2.24, 2.45) is 0 Å². The summed E-state index contributed by atoms with van der Waals surface area (Å²) in [4.78, 5) is 17.1. The van der Waals surface area contributed by atoms with Gasteiger partial charge in [-0.3, -0.25) is 9.20 Å². The summed E-state index contributed by atoms with van der Waals surface area (Å²) in [5, 5.41) is 12.0. The van der Waals surface area contributed by atoms with Gasteiger partial charge in [0.15, 0.2) is 0 Å². The first-order valence-corrected chi connectivity index (χ1v) is 8.61. The summed E-state index contributed by atoms with van der Waals surface area (Å²) < 4.78 is 7.49. The van der Waals surface area contributed by atoms with Crippen molar-refractivity contribution in [1.82, 2.24) is 14.7 Å². The number of benzene rings is 1. The first-order valence-electron chi connectivity index (χ1n) is 8.61. The third-order valence-corrected chi connectivity index (χ3v) is 4.23. The van der Waals surface area contributed by atoms with Gasteiger partial charge in [-0.25, -0.2) is 4.98 Å². The minimum absolute atomic E-state index is 0.0668. The Bertz CT molecular complexity index is 887. The van der Waals surface area contributed by atoms with E-state index >= 15 is 0 Å². The number of amides is 1. The number of carbonyl (C=O) groups excluding carboxylic acids is 1. The van der Waals surface area contributed by atoms with Crippen LogP contribution in [0.1, 0.15) is 33.4 Å². The van der Waals surface area contributed by atoms with Crippen LogP contribution in [0.2, 0.25) is 0 Å². The lowest BCUT2D eigenvalue weighted by atomic mass is 10.1. The number of hydrogen-bond acceptors (Lipinski definition) is 4. The minimum Gasteiger partial charge on any atom is -0.394 e. The average molecular weight is 353 g/mol. The van der Waals surface area contributed by atoms with Crippen molar-refractivity contribution < 1.29 is 14.6 Å². The first-order chi connectivity index (χ1) is 12.6. The van der Waals surface area contributed by atoms with Crippen molar-refractivity contribution in [1.29, 1.82) is 0 Å². The van der Waals surface area contributed by atoms with Crippen LogP contribution in [0.4, 0.5) is 0 Å². The molecule has 2 N–H and O–H groups in total. The van der Waals surface area contributed by atoms with E-state index < -0.39 is 0 Å². The maximum Gasteiger partial charge on any atom is 0.270 e. The van der Waals surface area contributed by atoms with Crippen molar-refractivity contribution in [2.75, 3.05) is 19.8 Å². The molecule has 0 saturated carbocycles. The molecular weight excluding hydrogens is 330 g/mol. The SMILES string of the molecule is Cc1ccc(C(CNC(=O)c2c(C)nc3ccccn23)OCCO)cc1. The van der Waals surface area contributed by atoms with Crippen molar-refractivity contribution in [3.63, 3.8) is 0 Å². The zero-order chi connectivity index (χ0) is 18.5. The fraction of sp³-hybridized carbons (Fsp3) is 0.300. The Hall–Kier alpha value is -2.70. The van der Waals surface area contributed by atoms with E-state index in [2.05, 4.69) is 10.3 Å². The summed E-state index contributed by atoms with van der Waals surface area (Å²) in [5.41, 5.74) is 4.04. The Morgan fingerprint density at radius 2 is 2.00 bits per heavy atom. The van der Waals surface area contributed by atoms with Gasteiger partial charge in [0.1, 0.15) is 11.3 Å². The second-order valence-electron chi connectivity index (χ2n) is 6.18. The number of aromatic nitrogens is 2. The molecule has 1 aromatic carbocycles. The summed E-state index contributed by atoms with van der Waals surface area (Å²) in [6, 6.07) is 13.6. The number of ether oxygens (including phenoxy) is 1. The topological polar surface area (TPSA) is 75.9 Å². The van der Waals surface area contributed by atoms with Crippen LogP contribution >= 0.6 is 0 Å². The Kier molecular flexibility index (Phi) is 5.65. The standard InChI is InChI=1S/C20H23N3O3/c1-14-6-8-16(9-7-14)17(26-12-11-24)13-21-20(25)19-15(2)22-18-5-3-4-10-23(18)19/h3-10,17,24H,11-13H2,1-2H3,(H,21,25). The summed E-state index contributed by atoms with van der Waals surface area (Å²) in [6.45, 7) is 4.29. The van der Waals surface area contributed by atoms with Gasteiger partial charge in [-0.1, -0.05) is 35.9 Å². The number of nitrogens with zero attached hydrogens (tertiary/aromatic N) is 2. The number of rotatable bonds is 7. The molecular formula is C20H23N3O3. The molecule has 0 bridgehead atoms. The summed E-state index contributed by atoms with van der Waals surface area (Å²) in [5.74, 6) is -0.203. The van der Waals surface area contributed by atoms with Gasteiger partial charge in [-0.2, -0.15) is 0 Å². The van der Waals surface area contributed by atoms with Gasteiger partial charge in [0, 0.05) is 12.7 Å². The second kappa shape index (κ2) is 8.12. The molecule has 0 saturated heterocycles. The smallest absolute Gasteiger partial charge is 0.270 e. The number of aryl methyl sites for hydroxylation is 2. The molecule has 3 aromatic rings. The van der Waals surface area contributed by atoms with E-state index in [4.69, 9.17) is 9.84 Å². The third kappa shape index (κ3) is 3.92. The van der Waals surface area contributed by atoms with Crippen LogP contribution < -0.4 is 5.32 Å². The first kappa shape index (κ1) is 18.1. The van der Waals surface area contributed by atoms with Crippen molar-refractivity contribution in [2.45, 2.75) is 20.0 Å². The Morgan fingerprint density at radius 1 is 1.23 bits per heavy atom. The molecule has 26 heavy (non-hydrogen) atoms. The maximum absolute atomic E-state index is 12.7. The summed E-state index contributed by atoms with van der Waals surface area (Å²) in [6.07, 6.45) is 1.50. The van der Waals surface area contributed by atoms with E-state index in [-0.39, 0.29) is 25.2 Å². The zero-order valence-corrected chi connectivity index (χ0v) is 15.0. The van der Waals surface area contributed by atoms with E-state index in [9.17, 15) is 4.79 Å². The van der Waals surface area contributed by atoms with Gasteiger partial charge in [0.25, 0.3) is 5.91 Å². The molecule has 6 heteroatoms. The third-order valence-electron chi connectivity index (χ3n) is 4.23. The van der Waals surface area contributed by atoms with Gasteiger partial charge >= 0.3 is 0 Å². The van der Waals surface area contributed by atoms with E-state index in [0.717, 1.165) is 16.8 Å². The van der Waals surface area contributed by atoms with Crippen LogP contribution in [0, 0.1) is 13.8 Å². The van der Waals surface area contributed by atoms with Crippen LogP contribution in [0.15, 0.2) is 48.7 Å². The highest BCUT2D eigenvalue weighted by molar-refractivity contribution is 5.94. The quantitative estimate of drug-likeness (QED) is 0.684. The zero-order valence-electron chi connectivity index (χ0n) is 15.0. The molecule has 2 aromatic heterocycles. The Balaban J connectivity index is 1.76. The number of imidazole rings is 1. The normalized spacial score (nSPS) is 12.3. The molecule has 1 unspecified atom stereocenters. The molecule has 2 heterocycles. The fourth-order valence-electron chi connectivity index (χ4n) is 2.91. The van der Waals surface area contributed by atoms with Crippen molar-refractivity contribution in [3.8, 4) is 0 Å². The molecule has 0 aliphatic rings. The van der Waals surface area contributed by atoms with E-state index in [1.165, 1.54) is 0 Å². The van der Waals surface area contributed by atoms with Crippen LogP contribution in [0.25, 0.3) is 5.65 Å². The van der Waals surface area contributed by atoms with Gasteiger partial charge in [0.05, 0.1) is 25.0 Å². The lowest BCUT2D eigenvalue weighted by Gasteiger charge is -2.19. The number of aliphatic hydroxyl groups is 1. The fourth-order valence-corrected chi connectivity index (χ4v) is 2.91. The van der Waals surface area contributed by atoms with Crippen LogP contribution in [-0.4, -0.2) is 40.2 Å². The molecule has 1 amide bonds. The van der Waals surface area contributed by atoms with Crippen LogP contribution in [-0.2, 0) is 4.74 Å². The van der Waals surface area contributed by atoms with E-state index in [1.807, 2.05) is 62.5 Å². The monoisotopic (exact) mass is 353 g/mol. The lowest BCUT2D eigenvalue weighted by Crippen LogP contribution is -2.31. The van der Waals surface area contributed by atoms with Crippen LogP contribution in [0.3, 0.4) is 0 Å². The van der Waals surface area contributed by atoms with Gasteiger partial charge in [-0.05, 0) is 31.5 Å². The van der Waals surface area contributed by atoms with E-state index in [1.54, 1.807) is 4.40 Å². The predicted molar refractivity (Wildman–Crippen MR) is 99.2 cm³/mol. The van der Waals surface area contributed by atoms with Gasteiger partial charge < -0.3 is 15.2 Å². The molecule has 0 radical (unpaired) electrons. The molecule has 136 valence electrons. The molecule has 0 spiro atoms. The summed E-state index contributed by atoms with van der Waals surface area (Å²) in [7, 11) is 0. The molecule has 6 nitrogen and oxygen atoms in total. The van der Waals surface area contributed by atoms with Crippen LogP contribution in [0.5, 0.6) is 0 Å². The lowest BCUT2D eigenvalue weighted by molar-refractivity contribution is 0.0276. The number of hydrogen-bond donors (Lipinski definition) is 2. The average Bonchev–Trinajstić information content (AvgIpc) is 2.98. The largest absolute Gasteiger partial charge is 0.394 e. The second-order valence-corrected chi connectivity index (χ2v) is 6.18. The van der Waals surface area contributed by atoms with Gasteiger partial charge in [-0.15, -0.1) is 0 Å². The van der Waals surface area contributed by atoms with Crippen molar-refractivity contribution in [3.05, 3.63) is 71.2 Å². The maximum atomic E-state index is 12.7. The highest BCUT2D eigenvalue weighted by atomic mass is 16.5. The number of carbonyl (C=O) groups is 1. The predicted octanol–water partition coefficient (Wildman–Crippen LogP) is 2.43. The highest BCUT2D eigenvalue weighted by Gasteiger charge is 2.19. The highest BCUT2D eigenvalue weighted by Crippen LogP contribution is 2.18. The molecule has 3 rings (SSSR count). The molecule has 1 atom stereocenters. The minimum atomic E-state index is -0.328. The number of nitrogens with one attached hydrogen (secondary N) is 1. The van der Waals surface area contributed by atoms with Gasteiger partial charge in [0.2, 0.25) is 0 Å². The van der Waals surface area contributed by atoms with Crippen molar-refractivity contribution >= 4 is 11.6 Å². The number of aliphatic hydroxyl groups excluding tert-OH is 1. The Morgan fingerprint density at radius 3 is 2.73 bits per heavy atom.